The van der Waals surface area contributed by atoms with E-state index in [1.165, 1.54) is 0 Å². The molecule has 0 radical (unpaired) electrons. The summed E-state index contributed by atoms with van der Waals surface area (Å²) in [6.45, 7) is 3.82. The molecular formula is C16H23NO4. The summed E-state index contributed by atoms with van der Waals surface area (Å²) in [5, 5.41) is 11.6. The van der Waals surface area contributed by atoms with E-state index < -0.39 is 12.0 Å². The van der Waals surface area contributed by atoms with Crippen molar-refractivity contribution in [2.45, 2.75) is 45.1 Å². The van der Waals surface area contributed by atoms with E-state index in [9.17, 15) is 9.59 Å². The minimum atomic E-state index is -0.987. The molecule has 2 atom stereocenters. The molecule has 5 nitrogen and oxygen atoms in total. The van der Waals surface area contributed by atoms with Crippen molar-refractivity contribution >= 4 is 11.9 Å². The van der Waals surface area contributed by atoms with E-state index >= 15 is 0 Å². The number of nitrogens with one attached hydrogen (secondary N) is 1. The summed E-state index contributed by atoms with van der Waals surface area (Å²) >= 11 is 0. The summed E-state index contributed by atoms with van der Waals surface area (Å²) in [6, 6.07) is 6.73. The maximum Gasteiger partial charge on any atom is 0.326 e. The highest BCUT2D eigenvalue weighted by atomic mass is 16.5. The molecule has 1 amide bonds. The number of ether oxygens (including phenoxy) is 1. The van der Waals surface area contributed by atoms with Gasteiger partial charge in [-0.05, 0) is 30.0 Å². The molecule has 5 heteroatoms. The standard InChI is InChI=1S/C16H23NO4/c1-4-6-14(16(19)20)17-15(18)9-11(2)12-7-5-8-13(10-12)21-3/h5,7-8,10-11,14H,4,6,9H2,1-3H3,(H,17,18)(H,19,20). The number of carboxylic acids is 1. The van der Waals surface area contributed by atoms with Crippen molar-refractivity contribution in [1.29, 1.82) is 0 Å². The Morgan fingerprint density at radius 3 is 2.67 bits per heavy atom. The summed E-state index contributed by atoms with van der Waals surface area (Å²) in [6.07, 6.45) is 1.40. The first-order valence-electron chi connectivity index (χ1n) is 7.14. The normalized spacial score (nSPS) is 13.3. The number of methoxy groups -OCH3 is 1. The number of amides is 1. The van der Waals surface area contributed by atoms with E-state index in [0.717, 1.165) is 11.3 Å². The highest BCUT2D eigenvalue weighted by Gasteiger charge is 2.20. The second-order valence-corrected chi connectivity index (χ2v) is 5.13. The van der Waals surface area contributed by atoms with Crippen molar-refractivity contribution in [3.05, 3.63) is 29.8 Å². The van der Waals surface area contributed by atoms with Crippen LogP contribution in [0.15, 0.2) is 24.3 Å². The van der Waals surface area contributed by atoms with Gasteiger partial charge in [-0.2, -0.15) is 0 Å². The first-order valence-corrected chi connectivity index (χ1v) is 7.14. The molecular weight excluding hydrogens is 270 g/mol. The summed E-state index contributed by atoms with van der Waals surface area (Å²) < 4.78 is 5.16. The van der Waals surface area contributed by atoms with Crippen LogP contribution in [0.5, 0.6) is 5.75 Å². The Bertz CT molecular complexity index is 487. The van der Waals surface area contributed by atoms with Gasteiger partial charge in [-0.3, -0.25) is 4.79 Å². The van der Waals surface area contributed by atoms with Crippen LogP contribution in [0.4, 0.5) is 0 Å². The molecule has 21 heavy (non-hydrogen) atoms. The number of benzene rings is 1. The van der Waals surface area contributed by atoms with Gasteiger partial charge < -0.3 is 15.2 Å². The maximum atomic E-state index is 12.0. The van der Waals surface area contributed by atoms with Gasteiger partial charge in [-0.25, -0.2) is 4.79 Å². The van der Waals surface area contributed by atoms with Gasteiger partial charge in [-0.15, -0.1) is 0 Å². The van der Waals surface area contributed by atoms with Crippen LogP contribution in [0.2, 0.25) is 0 Å². The van der Waals surface area contributed by atoms with Gasteiger partial charge in [0.2, 0.25) is 5.91 Å². The lowest BCUT2D eigenvalue weighted by molar-refractivity contribution is -0.142. The summed E-state index contributed by atoms with van der Waals surface area (Å²) in [7, 11) is 1.60. The molecule has 0 saturated heterocycles. The minimum Gasteiger partial charge on any atom is -0.497 e. The molecule has 0 aliphatic heterocycles. The van der Waals surface area contributed by atoms with Gasteiger partial charge in [0, 0.05) is 6.42 Å². The Morgan fingerprint density at radius 2 is 2.10 bits per heavy atom. The van der Waals surface area contributed by atoms with E-state index in [1.807, 2.05) is 38.1 Å². The molecule has 0 fully saturated rings. The fourth-order valence-electron chi connectivity index (χ4n) is 2.14. The van der Waals surface area contributed by atoms with Gasteiger partial charge in [0.15, 0.2) is 0 Å². The Hall–Kier alpha value is -2.04. The number of hydrogen-bond acceptors (Lipinski definition) is 3. The molecule has 2 N–H and O–H groups in total. The number of carboxylic acid groups (broad SMARTS) is 1. The van der Waals surface area contributed by atoms with Crippen LogP contribution in [-0.4, -0.2) is 30.1 Å². The van der Waals surface area contributed by atoms with Gasteiger partial charge in [-0.1, -0.05) is 32.4 Å². The molecule has 0 aliphatic carbocycles. The molecule has 0 bridgehead atoms. The minimum absolute atomic E-state index is 0.00354. The third kappa shape index (κ3) is 5.45. The number of carbonyl (C=O) groups excluding carboxylic acids is 1. The monoisotopic (exact) mass is 293 g/mol. The Labute approximate surface area is 125 Å². The van der Waals surface area contributed by atoms with Crippen LogP contribution in [0.3, 0.4) is 0 Å². The van der Waals surface area contributed by atoms with Crippen molar-refractivity contribution in [2.75, 3.05) is 7.11 Å². The number of carbonyl (C=O) groups is 2. The van der Waals surface area contributed by atoms with Crippen LogP contribution < -0.4 is 10.1 Å². The van der Waals surface area contributed by atoms with Crippen molar-refractivity contribution in [2.24, 2.45) is 0 Å². The van der Waals surface area contributed by atoms with Crippen molar-refractivity contribution in [3.8, 4) is 5.75 Å². The molecule has 2 unspecified atom stereocenters. The smallest absolute Gasteiger partial charge is 0.326 e. The number of hydrogen-bond donors (Lipinski definition) is 2. The van der Waals surface area contributed by atoms with Crippen LogP contribution in [0.1, 0.15) is 44.6 Å². The van der Waals surface area contributed by atoms with Crippen molar-refractivity contribution < 1.29 is 19.4 Å². The lowest BCUT2D eigenvalue weighted by Crippen LogP contribution is -2.40. The predicted molar refractivity (Wildman–Crippen MR) is 80.5 cm³/mol. The highest BCUT2D eigenvalue weighted by Crippen LogP contribution is 2.23. The zero-order valence-corrected chi connectivity index (χ0v) is 12.8. The average molecular weight is 293 g/mol. The zero-order chi connectivity index (χ0) is 15.8. The molecule has 1 rings (SSSR count). The van der Waals surface area contributed by atoms with Crippen LogP contribution >= 0.6 is 0 Å². The SMILES string of the molecule is CCCC(NC(=O)CC(C)c1cccc(OC)c1)C(=O)O. The average Bonchev–Trinajstić information content (AvgIpc) is 2.46. The molecule has 0 aromatic heterocycles. The molecule has 0 heterocycles. The quantitative estimate of drug-likeness (QED) is 0.772. The van der Waals surface area contributed by atoms with Crippen molar-refractivity contribution in [1.82, 2.24) is 5.32 Å². The fraction of sp³-hybridized carbons (Fsp3) is 0.500. The van der Waals surface area contributed by atoms with E-state index in [0.29, 0.717) is 12.8 Å². The van der Waals surface area contributed by atoms with Crippen LogP contribution in [-0.2, 0) is 9.59 Å². The molecule has 0 aliphatic rings. The van der Waals surface area contributed by atoms with Gasteiger partial charge in [0.25, 0.3) is 0 Å². The van der Waals surface area contributed by atoms with E-state index in [1.54, 1.807) is 7.11 Å². The molecule has 0 saturated carbocycles. The number of aliphatic carboxylic acids is 1. The maximum absolute atomic E-state index is 12.0. The first-order chi connectivity index (χ1) is 9.97. The Kier molecular flexibility index (Phi) is 6.72. The Balaban J connectivity index is 2.62. The molecule has 1 aromatic carbocycles. The summed E-state index contributed by atoms with van der Waals surface area (Å²) in [5.74, 6) is -0.490. The Morgan fingerprint density at radius 1 is 1.38 bits per heavy atom. The second-order valence-electron chi connectivity index (χ2n) is 5.13. The van der Waals surface area contributed by atoms with E-state index in [-0.39, 0.29) is 18.2 Å². The third-order valence-corrected chi connectivity index (χ3v) is 3.37. The van der Waals surface area contributed by atoms with Crippen LogP contribution in [0.25, 0.3) is 0 Å². The molecule has 116 valence electrons. The molecule has 1 aromatic rings. The predicted octanol–water partition coefficient (Wildman–Crippen LogP) is 2.56. The van der Waals surface area contributed by atoms with E-state index in [4.69, 9.17) is 9.84 Å². The summed E-state index contributed by atoms with van der Waals surface area (Å²) in [5.41, 5.74) is 0.992. The van der Waals surface area contributed by atoms with Gasteiger partial charge in [0.1, 0.15) is 11.8 Å². The lowest BCUT2D eigenvalue weighted by Gasteiger charge is -2.16. The van der Waals surface area contributed by atoms with Gasteiger partial charge >= 0.3 is 5.97 Å². The largest absolute Gasteiger partial charge is 0.497 e. The fourth-order valence-corrected chi connectivity index (χ4v) is 2.14. The second kappa shape index (κ2) is 8.29. The summed E-state index contributed by atoms with van der Waals surface area (Å²) in [4.78, 5) is 23.0. The van der Waals surface area contributed by atoms with Crippen LogP contribution in [0, 0.1) is 0 Å². The lowest BCUT2D eigenvalue weighted by atomic mass is 9.97. The van der Waals surface area contributed by atoms with Crippen molar-refractivity contribution in [3.63, 3.8) is 0 Å². The topological polar surface area (TPSA) is 75.6 Å². The molecule has 0 spiro atoms. The highest BCUT2D eigenvalue weighted by molar-refractivity contribution is 5.83. The third-order valence-electron chi connectivity index (χ3n) is 3.37. The number of rotatable bonds is 8. The first kappa shape index (κ1) is 17.0. The van der Waals surface area contributed by atoms with E-state index in [2.05, 4.69) is 5.32 Å². The zero-order valence-electron chi connectivity index (χ0n) is 12.8. The van der Waals surface area contributed by atoms with Gasteiger partial charge in [0.05, 0.1) is 7.11 Å².